The van der Waals surface area contributed by atoms with E-state index in [0.29, 0.717) is 5.56 Å². The Morgan fingerprint density at radius 2 is 2.17 bits per heavy atom. The molecule has 1 amide bonds. The number of rotatable bonds is 1. The first-order chi connectivity index (χ1) is 8.39. The molecule has 4 heteroatoms. The van der Waals surface area contributed by atoms with Crippen LogP contribution in [0.1, 0.15) is 29.8 Å². The number of thioether (sulfide) groups is 1. The van der Waals surface area contributed by atoms with E-state index in [9.17, 15) is 9.90 Å². The monoisotopic (exact) mass is 265 g/mol. The number of benzene rings is 1. The molecule has 0 saturated carbocycles. The minimum absolute atomic E-state index is 0.0686. The average molecular weight is 265 g/mol. The molecule has 98 valence electrons. The Hall–Kier alpha value is -1.16. The van der Waals surface area contributed by atoms with Crippen LogP contribution in [0.15, 0.2) is 18.2 Å². The molecule has 0 radical (unpaired) electrons. The summed E-state index contributed by atoms with van der Waals surface area (Å²) in [6, 6.07) is 5.20. The van der Waals surface area contributed by atoms with Gasteiger partial charge in [-0.05, 0) is 38.5 Å². The molecule has 1 fully saturated rings. The zero-order valence-corrected chi connectivity index (χ0v) is 11.9. The number of carbonyl (C=O) groups excluding carboxylic acids is 1. The summed E-state index contributed by atoms with van der Waals surface area (Å²) in [5.41, 5.74) is 1.36. The van der Waals surface area contributed by atoms with Crippen molar-refractivity contribution < 1.29 is 9.90 Å². The first-order valence-electron chi connectivity index (χ1n) is 6.12. The van der Waals surface area contributed by atoms with Crippen LogP contribution in [0.4, 0.5) is 0 Å². The lowest BCUT2D eigenvalue weighted by molar-refractivity contribution is 0.0745. The van der Waals surface area contributed by atoms with Gasteiger partial charge in [-0.1, -0.05) is 6.07 Å². The van der Waals surface area contributed by atoms with E-state index in [2.05, 4.69) is 13.8 Å². The van der Waals surface area contributed by atoms with Gasteiger partial charge in [0, 0.05) is 23.6 Å². The Morgan fingerprint density at radius 3 is 2.78 bits per heavy atom. The molecule has 0 bridgehead atoms. The van der Waals surface area contributed by atoms with Crippen molar-refractivity contribution in [2.45, 2.75) is 25.5 Å². The highest BCUT2D eigenvalue weighted by atomic mass is 32.2. The third kappa shape index (κ3) is 2.80. The number of amides is 1. The molecule has 1 aliphatic heterocycles. The Bertz CT molecular complexity index is 471. The van der Waals surface area contributed by atoms with E-state index in [4.69, 9.17) is 0 Å². The van der Waals surface area contributed by atoms with E-state index in [1.807, 2.05) is 29.7 Å². The van der Waals surface area contributed by atoms with Gasteiger partial charge >= 0.3 is 0 Å². The molecule has 0 spiro atoms. The van der Waals surface area contributed by atoms with Gasteiger partial charge < -0.3 is 10.0 Å². The molecule has 3 nitrogen and oxygen atoms in total. The van der Waals surface area contributed by atoms with Crippen LogP contribution in [0.3, 0.4) is 0 Å². The van der Waals surface area contributed by atoms with Crippen LogP contribution >= 0.6 is 11.8 Å². The highest BCUT2D eigenvalue weighted by Gasteiger charge is 2.30. The zero-order chi connectivity index (χ0) is 13.3. The van der Waals surface area contributed by atoms with Crippen LogP contribution in [-0.2, 0) is 0 Å². The van der Waals surface area contributed by atoms with Crippen molar-refractivity contribution in [1.29, 1.82) is 0 Å². The third-order valence-electron chi connectivity index (χ3n) is 3.10. The van der Waals surface area contributed by atoms with Gasteiger partial charge in [-0.2, -0.15) is 11.8 Å². The number of hydrogen-bond donors (Lipinski definition) is 1. The van der Waals surface area contributed by atoms with Crippen LogP contribution in [0.2, 0.25) is 0 Å². The molecule has 0 aromatic heterocycles. The van der Waals surface area contributed by atoms with Crippen LogP contribution < -0.4 is 0 Å². The summed E-state index contributed by atoms with van der Waals surface area (Å²) in [6.45, 7) is 7.66. The van der Waals surface area contributed by atoms with Gasteiger partial charge in [0.2, 0.25) is 0 Å². The second-order valence-electron chi connectivity index (χ2n) is 5.36. The lowest BCUT2D eigenvalue weighted by Gasteiger charge is -2.37. The van der Waals surface area contributed by atoms with Crippen molar-refractivity contribution in [2.24, 2.45) is 0 Å². The number of aryl methyl sites for hydroxylation is 1. The van der Waals surface area contributed by atoms with E-state index in [1.165, 1.54) is 0 Å². The predicted octanol–water partition coefficient (Wildman–Crippen LogP) is 2.67. The first kappa shape index (κ1) is 13.3. The van der Waals surface area contributed by atoms with Crippen molar-refractivity contribution in [3.05, 3.63) is 29.3 Å². The normalized spacial score (nSPS) is 18.7. The van der Waals surface area contributed by atoms with E-state index in [1.54, 1.807) is 12.1 Å². The van der Waals surface area contributed by atoms with Crippen LogP contribution in [0.25, 0.3) is 0 Å². The van der Waals surface area contributed by atoms with Crippen molar-refractivity contribution in [2.75, 3.05) is 18.8 Å². The number of nitrogens with zero attached hydrogens (tertiary/aromatic N) is 1. The smallest absolute Gasteiger partial charge is 0.257 e. The summed E-state index contributed by atoms with van der Waals surface area (Å²) in [7, 11) is 0. The molecule has 1 aromatic carbocycles. The van der Waals surface area contributed by atoms with Gasteiger partial charge in [0.1, 0.15) is 5.75 Å². The van der Waals surface area contributed by atoms with Crippen molar-refractivity contribution >= 4 is 17.7 Å². The molecule has 1 heterocycles. The number of phenols is 1. The zero-order valence-electron chi connectivity index (χ0n) is 11.1. The maximum Gasteiger partial charge on any atom is 0.257 e. The summed E-state index contributed by atoms with van der Waals surface area (Å²) in [5, 5.41) is 9.87. The molecule has 0 atom stereocenters. The lowest BCUT2D eigenvalue weighted by Crippen LogP contribution is -2.46. The Balaban J connectivity index is 2.20. The molecule has 1 aliphatic rings. The molecule has 1 aromatic rings. The first-order valence-corrected chi connectivity index (χ1v) is 7.10. The van der Waals surface area contributed by atoms with Gasteiger partial charge in [-0.25, -0.2) is 0 Å². The molecule has 0 unspecified atom stereocenters. The Kier molecular flexibility index (Phi) is 3.57. The van der Waals surface area contributed by atoms with Crippen LogP contribution in [0.5, 0.6) is 5.75 Å². The quantitative estimate of drug-likeness (QED) is 0.848. The number of phenolic OH excluding ortho intramolecular Hbond substituents is 1. The Labute approximate surface area is 112 Å². The second kappa shape index (κ2) is 4.84. The molecular weight excluding hydrogens is 246 g/mol. The highest BCUT2D eigenvalue weighted by Crippen LogP contribution is 2.31. The molecule has 18 heavy (non-hydrogen) atoms. The second-order valence-corrected chi connectivity index (χ2v) is 7.16. The van der Waals surface area contributed by atoms with Crippen molar-refractivity contribution in [3.63, 3.8) is 0 Å². The van der Waals surface area contributed by atoms with Gasteiger partial charge in [-0.3, -0.25) is 4.79 Å². The minimum Gasteiger partial charge on any atom is -0.507 e. The van der Waals surface area contributed by atoms with E-state index in [0.717, 1.165) is 24.4 Å². The number of aromatic hydroxyl groups is 1. The highest BCUT2D eigenvalue weighted by molar-refractivity contribution is 8.00. The largest absolute Gasteiger partial charge is 0.507 e. The van der Waals surface area contributed by atoms with Crippen molar-refractivity contribution in [3.8, 4) is 5.75 Å². The molecule has 2 rings (SSSR count). The fourth-order valence-electron chi connectivity index (χ4n) is 2.18. The summed E-state index contributed by atoms with van der Waals surface area (Å²) >= 11 is 1.89. The summed E-state index contributed by atoms with van der Waals surface area (Å²) in [5.74, 6) is 0.961. The molecule has 1 saturated heterocycles. The van der Waals surface area contributed by atoms with Crippen molar-refractivity contribution in [1.82, 2.24) is 4.90 Å². The molecule has 1 N–H and O–H groups in total. The van der Waals surface area contributed by atoms with Gasteiger partial charge in [-0.15, -0.1) is 0 Å². The predicted molar refractivity (Wildman–Crippen MR) is 75.3 cm³/mol. The summed E-state index contributed by atoms with van der Waals surface area (Å²) in [4.78, 5) is 14.2. The fraction of sp³-hybridized carbons (Fsp3) is 0.500. The minimum atomic E-state index is -0.0686. The maximum absolute atomic E-state index is 12.4. The number of carbonyl (C=O) groups is 1. The Morgan fingerprint density at radius 1 is 1.44 bits per heavy atom. The van der Waals surface area contributed by atoms with Gasteiger partial charge in [0.05, 0.1) is 5.56 Å². The van der Waals surface area contributed by atoms with E-state index >= 15 is 0 Å². The van der Waals surface area contributed by atoms with Crippen LogP contribution in [0, 0.1) is 6.92 Å². The molecular formula is C14H19NO2S. The van der Waals surface area contributed by atoms with Gasteiger partial charge in [0.25, 0.3) is 5.91 Å². The number of hydrogen-bond acceptors (Lipinski definition) is 3. The lowest BCUT2D eigenvalue weighted by atomic mass is 10.1. The molecule has 0 aliphatic carbocycles. The average Bonchev–Trinajstić information content (AvgIpc) is 2.27. The van der Waals surface area contributed by atoms with Crippen LogP contribution in [-0.4, -0.2) is 39.5 Å². The third-order valence-corrected chi connectivity index (χ3v) is 4.39. The van der Waals surface area contributed by atoms with E-state index in [-0.39, 0.29) is 16.4 Å². The fourth-order valence-corrected chi connectivity index (χ4v) is 3.29. The maximum atomic E-state index is 12.4. The summed E-state index contributed by atoms with van der Waals surface area (Å²) < 4.78 is 0.0915. The topological polar surface area (TPSA) is 40.5 Å². The standard InChI is InChI=1S/C14H19NO2S/c1-10-4-5-11(12(16)8-10)13(17)15-6-7-18-14(2,3)9-15/h4-5,8,16H,6-7,9H2,1-3H3. The SMILES string of the molecule is Cc1ccc(C(=O)N2CCSC(C)(C)C2)c(O)c1. The van der Waals surface area contributed by atoms with E-state index < -0.39 is 0 Å². The van der Waals surface area contributed by atoms with Gasteiger partial charge in [0.15, 0.2) is 0 Å². The summed E-state index contributed by atoms with van der Waals surface area (Å²) in [6.07, 6.45) is 0.